The molecule has 0 unspecified atom stereocenters. The van der Waals surface area contributed by atoms with Gasteiger partial charge in [0.25, 0.3) is 0 Å². The van der Waals surface area contributed by atoms with Crippen LogP contribution >= 0.6 is 11.6 Å². The first-order chi connectivity index (χ1) is 17.1. The number of imidazole rings is 1. The van der Waals surface area contributed by atoms with Crippen molar-refractivity contribution in [2.45, 2.75) is 46.3 Å². The first-order valence-electron chi connectivity index (χ1n) is 11.9. The largest absolute Gasteiger partial charge is 0.360 e. The fraction of sp³-hybridized carbons (Fsp3) is 0.233. The zero-order valence-corrected chi connectivity index (χ0v) is 21.8. The molecule has 6 heteroatoms. The number of Topliss-reactive ketones (excluding diaryl/α,β-unsaturated/α-hetero) is 1. The maximum atomic E-state index is 12.9. The van der Waals surface area contributed by atoms with E-state index in [1.54, 1.807) is 19.3 Å². The van der Waals surface area contributed by atoms with Crippen molar-refractivity contribution < 1.29 is 9.53 Å². The lowest BCUT2D eigenvalue weighted by Gasteiger charge is -2.29. The molecule has 0 saturated heterocycles. The van der Waals surface area contributed by atoms with E-state index in [-0.39, 0.29) is 5.78 Å². The third-order valence-electron chi connectivity index (χ3n) is 6.21. The fourth-order valence-electron chi connectivity index (χ4n) is 4.73. The Balaban J connectivity index is 1.79. The summed E-state index contributed by atoms with van der Waals surface area (Å²) >= 11 is 6.22. The molecule has 0 bridgehead atoms. The molecule has 5 aromatic rings. The zero-order chi connectivity index (χ0) is 25.6. The summed E-state index contributed by atoms with van der Waals surface area (Å²) in [7, 11) is 0. The quantitative estimate of drug-likeness (QED) is 0.250. The number of ketones is 1. The maximum Gasteiger partial charge on any atom is 0.163 e. The topological polar surface area (TPSA) is 56.5 Å². The molecule has 5 nitrogen and oxygen atoms in total. The molecule has 0 aliphatic heterocycles. The molecule has 0 fully saturated rings. The van der Waals surface area contributed by atoms with Crippen LogP contribution in [0.2, 0.25) is 5.02 Å². The lowest BCUT2D eigenvalue weighted by molar-refractivity contribution is -0.138. The van der Waals surface area contributed by atoms with Crippen molar-refractivity contribution in [2.75, 3.05) is 0 Å². The van der Waals surface area contributed by atoms with E-state index >= 15 is 0 Å². The highest BCUT2D eigenvalue weighted by Crippen LogP contribution is 2.42. The number of rotatable bonds is 5. The first kappa shape index (κ1) is 24.2. The molecule has 36 heavy (non-hydrogen) atoms. The number of fused-ring (bicyclic) bond motifs is 2. The van der Waals surface area contributed by atoms with E-state index in [1.807, 2.05) is 68.8 Å². The SMILES string of the molecule is CC(=O)[C@@H](OC(C)(C)C)c1c(C)cc2cc(-c3nccn4ccnc34)ccc2c1-c1ccc(Cl)cc1. The van der Waals surface area contributed by atoms with Gasteiger partial charge in [-0.3, -0.25) is 9.78 Å². The summed E-state index contributed by atoms with van der Waals surface area (Å²) in [5.74, 6) is -0.0330. The van der Waals surface area contributed by atoms with Crippen LogP contribution in [0, 0.1) is 6.92 Å². The van der Waals surface area contributed by atoms with E-state index in [9.17, 15) is 4.79 Å². The first-order valence-corrected chi connectivity index (χ1v) is 12.3. The molecule has 0 aliphatic rings. The predicted octanol–water partition coefficient (Wildman–Crippen LogP) is 7.62. The minimum Gasteiger partial charge on any atom is -0.360 e. The van der Waals surface area contributed by atoms with Crippen molar-refractivity contribution in [3.63, 3.8) is 0 Å². The Labute approximate surface area is 215 Å². The Hall–Kier alpha value is -3.54. The van der Waals surface area contributed by atoms with Gasteiger partial charge in [-0.25, -0.2) is 4.98 Å². The smallest absolute Gasteiger partial charge is 0.163 e. The van der Waals surface area contributed by atoms with E-state index in [2.05, 4.69) is 34.2 Å². The minimum atomic E-state index is -0.694. The minimum absolute atomic E-state index is 0.0330. The molecular weight excluding hydrogens is 470 g/mol. The highest BCUT2D eigenvalue weighted by Gasteiger charge is 2.29. The highest BCUT2D eigenvalue weighted by atomic mass is 35.5. The summed E-state index contributed by atoms with van der Waals surface area (Å²) in [4.78, 5) is 22.0. The number of ether oxygens (including phenoxy) is 1. The van der Waals surface area contributed by atoms with Crippen molar-refractivity contribution in [3.8, 4) is 22.4 Å². The fourth-order valence-corrected chi connectivity index (χ4v) is 4.86. The Bertz CT molecular complexity index is 1600. The van der Waals surface area contributed by atoms with Crippen LogP contribution in [-0.2, 0) is 9.53 Å². The van der Waals surface area contributed by atoms with Crippen LogP contribution in [0.1, 0.15) is 44.9 Å². The van der Waals surface area contributed by atoms with Gasteiger partial charge in [-0.1, -0.05) is 41.9 Å². The number of halogens is 1. The van der Waals surface area contributed by atoms with Gasteiger partial charge >= 0.3 is 0 Å². The van der Waals surface area contributed by atoms with Crippen LogP contribution < -0.4 is 0 Å². The number of hydrogen-bond donors (Lipinski definition) is 0. The molecule has 0 N–H and O–H groups in total. The molecule has 0 aliphatic carbocycles. The molecule has 3 aromatic carbocycles. The van der Waals surface area contributed by atoms with Gasteiger partial charge in [0.2, 0.25) is 0 Å². The van der Waals surface area contributed by atoms with Crippen molar-refractivity contribution in [2.24, 2.45) is 0 Å². The van der Waals surface area contributed by atoms with E-state index in [1.165, 1.54) is 0 Å². The van der Waals surface area contributed by atoms with Crippen molar-refractivity contribution >= 4 is 33.8 Å². The van der Waals surface area contributed by atoms with Crippen LogP contribution in [0.25, 0.3) is 38.8 Å². The van der Waals surface area contributed by atoms with E-state index in [0.717, 1.165) is 49.9 Å². The molecular formula is C30H28ClN3O2. The Morgan fingerprint density at radius 3 is 2.31 bits per heavy atom. The normalized spacial score (nSPS) is 12.8. The molecule has 0 amide bonds. The van der Waals surface area contributed by atoms with Gasteiger partial charge in [0.05, 0.1) is 5.60 Å². The number of carbonyl (C=O) groups is 1. The molecule has 0 radical (unpaired) electrons. The summed E-state index contributed by atoms with van der Waals surface area (Å²) in [6.07, 6.45) is 6.66. The highest BCUT2D eigenvalue weighted by molar-refractivity contribution is 6.30. The maximum absolute atomic E-state index is 12.9. The number of aromatic nitrogens is 3. The third kappa shape index (κ3) is 4.52. The van der Waals surface area contributed by atoms with Gasteiger partial charge in [-0.05, 0) is 85.8 Å². The molecule has 0 saturated carbocycles. The summed E-state index contributed by atoms with van der Waals surface area (Å²) in [5, 5.41) is 2.74. The van der Waals surface area contributed by atoms with Crippen LogP contribution in [-0.4, -0.2) is 25.8 Å². The van der Waals surface area contributed by atoms with Gasteiger partial charge in [-0.15, -0.1) is 0 Å². The van der Waals surface area contributed by atoms with Crippen LogP contribution in [0.5, 0.6) is 0 Å². The predicted molar refractivity (Wildman–Crippen MR) is 145 cm³/mol. The molecule has 182 valence electrons. The number of aryl methyl sites for hydroxylation is 1. The second-order valence-electron chi connectivity index (χ2n) is 10.1. The Morgan fingerprint density at radius 1 is 0.972 bits per heavy atom. The average Bonchev–Trinajstić information content (AvgIpc) is 3.31. The van der Waals surface area contributed by atoms with Gasteiger partial charge in [0.15, 0.2) is 11.4 Å². The van der Waals surface area contributed by atoms with Gasteiger partial charge in [0.1, 0.15) is 11.8 Å². The molecule has 5 rings (SSSR count). The lowest BCUT2D eigenvalue weighted by atomic mass is 9.85. The number of benzene rings is 3. The summed E-state index contributed by atoms with van der Waals surface area (Å²) in [6, 6.07) is 16.2. The average molecular weight is 498 g/mol. The summed E-state index contributed by atoms with van der Waals surface area (Å²) in [5.41, 5.74) is 5.93. The number of nitrogens with zero attached hydrogens (tertiary/aromatic N) is 3. The van der Waals surface area contributed by atoms with Gasteiger partial charge < -0.3 is 9.14 Å². The van der Waals surface area contributed by atoms with Gasteiger partial charge in [0, 0.05) is 35.4 Å². The van der Waals surface area contributed by atoms with E-state index in [0.29, 0.717) is 5.02 Å². The molecule has 0 spiro atoms. The monoisotopic (exact) mass is 497 g/mol. The van der Waals surface area contributed by atoms with E-state index in [4.69, 9.17) is 16.3 Å². The Kier molecular flexibility index (Phi) is 6.15. The second kappa shape index (κ2) is 9.16. The second-order valence-corrected chi connectivity index (χ2v) is 10.5. The summed E-state index contributed by atoms with van der Waals surface area (Å²) < 4.78 is 8.30. The van der Waals surface area contributed by atoms with Crippen LogP contribution in [0.4, 0.5) is 0 Å². The van der Waals surface area contributed by atoms with Gasteiger partial charge in [-0.2, -0.15) is 0 Å². The van der Waals surface area contributed by atoms with Crippen LogP contribution in [0.3, 0.4) is 0 Å². The zero-order valence-electron chi connectivity index (χ0n) is 21.0. The summed E-state index contributed by atoms with van der Waals surface area (Å²) in [6.45, 7) is 9.53. The molecule has 2 aromatic heterocycles. The Morgan fingerprint density at radius 2 is 1.64 bits per heavy atom. The number of hydrogen-bond acceptors (Lipinski definition) is 4. The third-order valence-corrected chi connectivity index (χ3v) is 6.46. The lowest BCUT2D eigenvalue weighted by Crippen LogP contribution is -2.27. The standard InChI is InChI=1S/C30H28ClN3O2/c1-18-16-22-17-21(27-29-33-13-15-34(29)14-12-32-27)8-11-24(22)26(20-6-9-23(31)10-7-20)25(18)28(19(2)35)36-30(3,4)5/h6-17,28H,1-5H3/t28-/m1/s1. The molecule has 2 heterocycles. The van der Waals surface area contributed by atoms with Crippen LogP contribution in [0.15, 0.2) is 73.3 Å². The van der Waals surface area contributed by atoms with Crippen molar-refractivity contribution in [3.05, 3.63) is 89.5 Å². The van der Waals surface area contributed by atoms with E-state index < -0.39 is 11.7 Å². The van der Waals surface area contributed by atoms with Crippen molar-refractivity contribution in [1.29, 1.82) is 0 Å². The molecule has 1 atom stereocenters. The van der Waals surface area contributed by atoms with Crippen molar-refractivity contribution in [1.82, 2.24) is 14.4 Å². The number of carbonyl (C=O) groups excluding carboxylic acids is 1.